The molecule has 4 heteroatoms. The fourth-order valence-corrected chi connectivity index (χ4v) is 2.47. The van der Waals surface area contributed by atoms with Crippen molar-refractivity contribution >= 4 is 11.0 Å². The quantitative estimate of drug-likeness (QED) is 0.671. The predicted octanol–water partition coefficient (Wildman–Crippen LogP) is 3.76. The molecule has 0 aliphatic carbocycles. The van der Waals surface area contributed by atoms with Crippen LogP contribution in [0.2, 0.25) is 0 Å². The zero-order valence-corrected chi connectivity index (χ0v) is 12.3. The zero-order chi connectivity index (χ0) is 14.5. The van der Waals surface area contributed by atoms with Gasteiger partial charge in [0.05, 0.1) is 12.4 Å². The highest BCUT2D eigenvalue weighted by molar-refractivity contribution is 5.77. The number of unbranched alkanes of at least 4 members (excludes halogenated alkanes) is 1. The first-order valence-corrected chi connectivity index (χ1v) is 7.50. The Kier molecular flexibility index (Phi) is 4.36. The summed E-state index contributed by atoms with van der Waals surface area (Å²) in [4.78, 5) is 4.04. The van der Waals surface area contributed by atoms with Crippen LogP contribution in [0, 0.1) is 0 Å². The topological polar surface area (TPSA) is 43.0 Å². The number of furan rings is 1. The third-order valence-corrected chi connectivity index (χ3v) is 3.72. The van der Waals surface area contributed by atoms with Crippen molar-refractivity contribution in [2.24, 2.45) is 0 Å². The molecule has 110 valence electrons. The maximum Gasteiger partial charge on any atom is 0.134 e. The van der Waals surface area contributed by atoms with Crippen molar-refractivity contribution in [3.63, 3.8) is 0 Å². The number of para-hydroxylation sites is 1. The van der Waals surface area contributed by atoms with E-state index in [4.69, 9.17) is 4.42 Å². The number of imidazole rings is 1. The summed E-state index contributed by atoms with van der Waals surface area (Å²) in [5.74, 6) is 1.01. The number of rotatable bonds is 7. The Hall–Kier alpha value is -2.07. The van der Waals surface area contributed by atoms with Gasteiger partial charge < -0.3 is 14.3 Å². The molecule has 0 aliphatic rings. The number of hydrogen-bond donors (Lipinski definition) is 1. The first-order valence-electron chi connectivity index (χ1n) is 7.50. The Labute approximate surface area is 124 Å². The fourth-order valence-electron chi connectivity index (χ4n) is 2.47. The van der Waals surface area contributed by atoms with Crippen LogP contribution in [0.3, 0.4) is 0 Å². The Morgan fingerprint density at radius 1 is 1.29 bits per heavy atom. The van der Waals surface area contributed by atoms with E-state index in [0.29, 0.717) is 0 Å². The van der Waals surface area contributed by atoms with Crippen LogP contribution in [0.4, 0.5) is 0 Å². The van der Waals surface area contributed by atoms with Gasteiger partial charge in [-0.05, 0) is 38.4 Å². The van der Waals surface area contributed by atoms with E-state index in [-0.39, 0.29) is 6.04 Å². The van der Waals surface area contributed by atoms with Crippen LogP contribution in [0.15, 0.2) is 53.5 Å². The third-order valence-electron chi connectivity index (χ3n) is 3.72. The van der Waals surface area contributed by atoms with Crippen LogP contribution in [-0.2, 0) is 6.54 Å². The van der Waals surface area contributed by atoms with Gasteiger partial charge in [0.2, 0.25) is 0 Å². The maximum atomic E-state index is 5.87. The number of nitrogens with one attached hydrogen (secondary N) is 1. The number of benzene rings is 1. The van der Waals surface area contributed by atoms with Crippen LogP contribution < -0.4 is 5.32 Å². The van der Waals surface area contributed by atoms with Crippen molar-refractivity contribution in [3.8, 4) is 0 Å². The van der Waals surface area contributed by atoms with Gasteiger partial charge in [-0.1, -0.05) is 18.2 Å². The minimum absolute atomic E-state index is 0.241. The molecule has 3 rings (SSSR count). The molecule has 0 fully saturated rings. The van der Waals surface area contributed by atoms with Crippen molar-refractivity contribution in [3.05, 3.63) is 54.8 Å². The summed E-state index contributed by atoms with van der Waals surface area (Å²) in [7, 11) is 0. The van der Waals surface area contributed by atoms with E-state index in [1.807, 2.05) is 36.9 Å². The minimum atomic E-state index is 0.241. The highest BCUT2D eigenvalue weighted by Crippen LogP contribution is 2.23. The molecule has 0 saturated heterocycles. The Morgan fingerprint density at radius 3 is 3.00 bits per heavy atom. The van der Waals surface area contributed by atoms with Crippen molar-refractivity contribution in [1.29, 1.82) is 0 Å². The number of aryl methyl sites for hydroxylation is 1. The number of hydrogen-bond acceptors (Lipinski definition) is 3. The second kappa shape index (κ2) is 6.59. The molecule has 0 spiro atoms. The van der Waals surface area contributed by atoms with E-state index in [9.17, 15) is 0 Å². The molecule has 1 aromatic carbocycles. The van der Waals surface area contributed by atoms with Gasteiger partial charge in [0.15, 0.2) is 0 Å². The van der Waals surface area contributed by atoms with Crippen LogP contribution >= 0.6 is 0 Å². The first-order chi connectivity index (χ1) is 10.3. The lowest BCUT2D eigenvalue weighted by molar-refractivity contribution is 0.442. The van der Waals surface area contributed by atoms with E-state index in [1.165, 1.54) is 5.39 Å². The Balaban J connectivity index is 1.44. The first kappa shape index (κ1) is 13.9. The highest BCUT2D eigenvalue weighted by atomic mass is 16.3. The van der Waals surface area contributed by atoms with Gasteiger partial charge in [-0.15, -0.1) is 0 Å². The highest BCUT2D eigenvalue weighted by Gasteiger charge is 2.10. The third kappa shape index (κ3) is 3.52. The van der Waals surface area contributed by atoms with E-state index in [1.54, 1.807) is 0 Å². The molecule has 21 heavy (non-hydrogen) atoms. The molecule has 3 aromatic rings. The number of nitrogens with zero attached hydrogens (tertiary/aromatic N) is 2. The van der Waals surface area contributed by atoms with Crippen LogP contribution in [0.25, 0.3) is 11.0 Å². The van der Waals surface area contributed by atoms with Crippen molar-refractivity contribution in [1.82, 2.24) is 14.9 Å². The lowest BCUT2D eigenvalue weighted by atomic mass is 10.2. The lowest BCUT2D eigenvalue weighted by Gasteiger charge is -2.11. The molecule has 2 heterocycles. The lowest BCUT2D eigenvalue weighted by Crippen LogP contribution is -2.19. The van der Waals surface area contributed by atoms with Crippen molar-refractivity contribution < 1.29 is 4.42 Å². The molecular weight excluding hydrogens is 262 g/mol. The largest absolute Gasteiger partial charge is 0.459 e. The number of fused-ring (bicyclic) bond motifs is 1. The monoisotopic (exact) mass is 283 g/mol. The average Bonchev–Trinajstić information content (AvgIpc) is 3.15. The minimum Gasteiger partial charge on any atom is -0.459 e. The molecule has 1 atom stereocenters. The molecule has 1 unspecified atom stereocenters. The molecule has 1 N–H and O–H groups in total. The summed E-state index contributed by atoms with van der Waals surface area (Å²) in [6, 6.07) is 10.5. The summed E-state index contributed by atoms with van der Waals surface area (Å²) < 4.78 is 7.98. The molecule has 0 amide bonds. The summed E-state index contributed by atoms with van der Waals surface area (Å²) in [6.45, 7) is 4.17. The summed E-state index contributed by atoms with van der Waals surface area (Å²) in [5.41, 5.74) is 0.959. The van der Waals surface area contributed by atoms with E-state index >= 15 is 0 Å². The zero-order valence-electron chi connectivity index (χ0n) is 12.3. The van der Waals surface area contributed by atoms with E-state index < -0.39 is 0 Å². The standard InChI is InChI=1S/C17H21N3O/c1-14(17-12-15-6-2-3-7-16(15)21-17)19-8-4-5-10-20-11-9-18-13-20/h2-3,6-7,9,11-14,19H,4-5,8,10H2,1H3. The van der Waals surface area contributed by atoms with Crippen molar-refractivity contribution in [2.45, 2.75) is 32.4 Å². The van der Waals surface area contributed by atoms with Gasteiger partial charge in [0, 0.05) is 24.3 Å². The second-order valence-corrected chi connectivity index (χ2v) is 5.37. The second-order valence-electron chi connectivity index (χ2n) is 5.37. The SMILES string of the molecule is CC(NCCCCn1ccnc1)c1cc2ccccc2o1. The van der Waals surface area contributed by atoms with Crippen LogP contribution in [-0.4, -0.2) is 16.1 Å². The molecule has 0 aliphatic heterocycles. The summed E-state index contributed by atoms with van der Waals surface area (Å²) >= 11 is 0. The van der Waals surface area contributed by atoms with Crippen molar-refractivity contribution in [2.75, 3.05) is 6.54 Å². The van der Waals surface area contributed by atoms with Gasteiger partial charge in [-0.3, -0.25) is 0 Å². The van der Waals surface area contributed by atoms with Crippen LogP contribution in [0.5, 0.6) is 0 Å². The average molecular weight is 283 g/mol. The van der Waals surface area contributed by atoms with Gasteiger partial charge in [-0.2, -0.15) is 0 Å². The Bertz CT molecular complexity index is 639. The summed E-state index contributed by atoms with van der Waals surface area (Å²) in [6.07, 6.45) is 7.98. The van der Waals surface area contributed by atoms with Gasteiger partial charge in [-0.25, -0.2) is 4.98 Å². The molecule has 0 bridgehead atoms. The smallest absolute Gasteiger partial charge is 0.134 e. The van der Waals surface area contributed by atoms with Gasteiger partial charge in [0.1, 0.15) is 11.3 Å². The van der Waals surface area contributed by atoms with Crippen LogP contribution in [0.1, 0.15) is 31.6 Å². The van der Waals surface area contributed by atoms with E-state index in [2.05, 4.69) is 33.9 Å². The maximum absolute atomic E-state index is 5.87. The predicted molar refractivity (Wildman–Crippen MR) is 84.1 cm³/mol. The van der Waals surface area contributed by atoms with E-state index in [0.717, 1.165) is 37.3 Å². The molecule has 0 radical (unpaired) electrons. The molecular formula is C17H21N3O. The normalized spacial score (nSPS) is 12.8. The van der Waals surface area contributed by atoms with Gasteiger partial charge in [0.25, 0.3) is 0 Å². The summed E-state index contributed by atoms with van der Waals surface area (Å²) in [5, 5.41) is 4.69. The molecule has 2 aromatic heterocycles. The Morgan fingerprint density at radius 2 is 2.19 bits per heavy atom. The molecule has 4 nitrogen and oxygen atoms in total. The molecule has 0 saturated carbocycles. The fraction of sp³-hybridized carbons (Fsp3) is 0.353. The van der Waals surface area contributed by atoms with Gasteiger partial charge >= 0.3 is 0 Å². The number of aromatic nitrogens is 2.